The lowest BCUT2D eigenvalue weighted by Crippen LogP contribution is -2.40. The molecule has 0 radical (unpaired) electrons. The number of amides is 1. The summed E-state index contributed by atoms with van der Waals surface area (Å²) in [5, 5.41) is 16.0. The summed E-state index contributed by atoms with van der Waals surface area (Å²) < 4.78 is 1.47. The first-order valence-corrected chi connectivity index (χ1v) is 7.28. The fourth-order valence-corrected chi connectivity index (χ4v) is 1.78. The number of nitrogens with zero attached hydrogens (tertiary/aromatic N) is 2. The van der Waals surface area contributed by atoms with E-state index in [2.05, 4.69) is 10.4 Å². The zero-order valence-electron chi connectivity index (χ0n) is 14.0. The van der Waals surface area contributed by atoms with E-state index in [4.69, 9.17) is 0 Å². The standard InChI is InChI=1S/C16H25N3O3/c1-10(2)12-9-13(19(6)18-12)14(20)17-11(15(21)22)7-8-16(3,4)5/h7-11H,1-6H3,(H,17,20)(H,21,22)/b8-7+. The number of carboxylic acids is 1. The number of aromatic nitrogens is 2. The van der Waals surface area contributed by atoms with Crippen molar-refractivity contribution >= 4 is 11.9 Å². The number of rotatable bonds is 5. The van der Waals surface area contributed by atoms with E-state index in [0.29, 0.717) is 5.69 Å². The lowest BCUT2D eigenvalue weighted by molar-refractivity contribution is -0.137. The Morgan fingerprint density at radius 2 is 1.95 bits per heavy atom. The van der Waals surface area contributed by atoms with Gasteiger partial charge in [-0.15, -0.1) is 0 Å². The fraction of sp³-hybridized carbons (Fsp3) is 0.562. The number of hydrogen-bond donors (Lipinski definition) is 2. The Labute approximate surface area is 131 Å². The molecule has 1 amide bonds. The van der Waals surface area contributed by atoms with Crippen LogP contribution in [-0.2, 0) is 11.8 Å². The molecule has 1 rings (SSSR count). The van der Waals surface area contributed by atoms with Crippen LogP contribution >= 0.6 is 0 Å². The van der Waals surface area contributed by atoms with Crippen LogP contribution in [0, 0.1) is 5.41 Å². The van der Waals surface area contributed by atoms with Crippen LogP contribution in [0.4, 0.5) is 0 Å². The first kappa shape index (κ1) is 17.9. The van der Waals surface area contributed by atoms with Crippen LogP contribution in [0.3, 0.4) is 0 Å². The molecule has 0 aliphatic carbocycles. The molecule has 0 bridgehead atoms. The number of carboxylic acid groups (broad SMARTS) is 1. The van der Waals surface area contributed by atoms with Gasteiger partial charge in [-0.3, -0.25) is 9.48 Å². The minimum atomic E-state index is -1.10. The van der Waals surface area contributed by atoms with E-state index in [1.165, 1.54) is 10.8 Å². The Bertz CT molecular complexity index is 580. The van der Waals surface area contributed by atoms with Crippen LogP contribution in [0.2, 0.25) is 0 Å². The van der Waals surface area contributed by atoms with Crippen molar-refractivity contribution in [3.8, 4) is 0 Å². The van der Waals surface area contributed by atoms with Crippen molar-refractivity contribution in [1.82, 2.24) is 15.1 Å². The Kier molecular flexibility index (Phi) is 5.52. The number of aryl methyl sites for hydroxylation is 1. The largest absolute Gasteiger partial charge is 0.479 e. The molecular weight excluding hydrogens is 282 g/mol. The number of nitrogens with one attached hydrogen (secondary N) is 1. The summed E-state index contributed by atoms with van der Waals surface area (Å²) in [6.07, 6.45) is 3.27. The third-order valence-electron chi connectivity index (χ3n) is 3.06. The second-order valence-corrected chi connectivity index (χ2v) is 6.75. The SMILES string of the molecule is CC(C)c1cc(C(=O)NC(/C=C/C(C)(C)C)C(=O)O)n(C)n1. The van der Waals surface area contributed by atoms with Gasteiger partial charge in [-0.1, -0.05) is 46.8 Å². The van der Waals surface area contributed by atoms with Crippen molar-refractivity contribution < 1.29 is 14.7 Å². The monoisotopic (exact) mass is 307 g/mol. The van der Waals surface area contributed by atoms with Crippen LogP contribution in [0.15, 0.2) is 18.2 Å². The van der Waals surface area contributed by atoms with E-state index in [9.17, 15) is 14.7 Å². The zero-order chi connectivity index (χ0) is 17.1. The highest BCUT2D eigenvalue weighted by atomic mass is 16.4. The summed E-state index contributed by atoms with van der Waals surface area (Å²) >= 11 is 0. The normalized spacial score (nSPS) is 13.6. The maximum absolute atomic E-state index is 12.3. The fourth-order valence-electron chi connectivity index (χ4n) is 1.78. The van der Waals surface area contributed by atoms with Gasteiger partial charge in [0, 0.05) is 7.05 Å². The second-order valence-electron chi connectivity index (χ2n) is 6.75. The summed E-state index contributed by atoms with van der Waals surface area (Å²) in [5.74, 6) is -1.35. The van der Waals surface area contributed by atoms with Gasteiger partial charge >= 0.3 is 5.97 Å². The minimum Gasteiger partial charge on any atom is -0.479 e. The third kappa shape index (κ3) is 5.02. The Morgan fingerprint density at radius 3 is 2.36 bits per heavy atom. The molecule has 2 N–H and O–H groups in total. The summed E-state index contributed by atoms with van der Waals surface area (Å²) in [7, 11) is 1.67. The van der Waals surface area contributed by atoms with E-state index >= 15 is 0 Å². The van der Waals surface area contributed by atoms with Crippen molar-refractivity contribution in [3.63, 3.8) is 0 Å². The van der Waals surface area contributed by atoms with Crippen molar-refractivity contribution in [3.05, 3.63) is 29.6 Å². The summed E-state index contributed by atoms with van der Waals surface area (Å²) in [6, 6.07) is 0.621. The summed E-state index contributed by atoms with van der Waals surface area (Å²) in [6.45, 7) is 9.84. The average molecular weight is 307 g/mol. The number of hydrogen-bond acceptors (Lipinski definition) is 3. The second kappa shape index (κ2) is 6.77. The van der Waals surface area contributed by atoms with E-state index in [0.717, 1.165) is 5.69 Å². The quantitative estimate of drug-likeness (QED) is 0.818. The van der Waals surface area contributed by atoms with Crippen LogP contribution in [0.25, 0.3) is 0 Å². The van der Waals surface area contributed by atoms with Crippen LogP contribution < -0.4 is 5.32 Å². The van der Waals surface area contributed by atoms with Gasteiger partial charge in [-0.2, -0.15) is 5.10 Å². The number of carbonyl (C=O) groups is 2. The van der Waals surface area contributed by atoms with E-state index in [-0.39, 0.29) is 11.3 Å². The molecule has 1 unspecified atom stereocenters. The molecule has 6 nitrogen and oxygen atoms in total. The molecule has 0 saturated heterocycles. The zero-order valence-corrected chi connectivity index (χ0v) is 14.0. The molecule has 1 aromatic rings. The molecular formula is C16H25N3O3. The molecule has 122 valence electrons. The molecule has 6 heteroatoms. The maximum atomic E-state index is 12.3. The lowest BCUT2D eigenvalue weighted by Gasteiger charge is -2.15. The Morgan fingerprint density at radius 1 is 1.36 bits per heavy atom. The summed E-state index contributed by atoms with van der Waals surface area (Å²) in [5.41, 5.74) is 0.985. The van der Waals surface area contributed by atoms with Gasteiger partial charge in [-0.05, 0) is 17.4 Å². The number of allylic oxidation sites excluding steroid dienone is 1. The van der Waals surface area contributed by atoms with Crippen molar-refractivity contribution in [2.45, 2.75) is 46.6 Å². The van der Waals surface area contributed by atoms with Gasteiger partial charge in [0.1, 0.15) is 11.7 Å². The highest BCUT2D eigenvalue weighted by Gasteiger charge is 2.21. The first-order valence-electron chi connectivity index (χ1n) is 7.28. The molecule has 1 aromatic heterocycles. The molecule has 0 aliphatic heterocycles. The molecule has 1 atom stereocenters. The van der Waals surface area contributed by atoms with Crippen molar-refractivity contribution in [2.75, 3.05) is 0 Å². The molecule has 0 aromatic carbocycles. The van der Waals surface area contributed by atoms with Gasteiger partial charge in [0.05, 0.1) is 5.69 Å². The highest BCUT2D eigenvalue weighted by Crippen LogP contribution is 2.16. The van der Waals surface area contributed by atoms with E-state index in [1.54, 1.807) is 19.2 Å². The maximum Gasteiger partial charge on any atom is 0.330 e. The van der Waals surface area contributed by atoms with Crippen LogP contribution in [-0.4, -0.2) is 32.8 Å². The molecule has 1 heterocycles. The number of aliphatic carboxylic acids is 1. The predicted octanol–water partition coefficient (Wildman–Crippen LogP) is 2.33. The van der Waals surface area contributed by atoms with Gasteiger partial charge in [-0.25, -0.2) is 4.79 Å². The third-order valence-corrected chi connectivity index (χ3v) is 3.06. The molecule has 0 spiro atoms. The van der Waals surface area contributed by atoms with Crippen LogP contribution in [0.1, 0.15) is 56.7 Å². The lowest BCUT2D eigenvalue weighted by atomic mass is 9.95. The molecule has 0 aliphatic rings. The molecule has 22 heavy (non-hydrogen) atoms. The van der Waals surface area contributed by atoms with Crippen molar-refractivity contribution in [1.29, 1.82) is 0 Å². The first-order chi connectivity index (χ1) is 10.0. The topological polar surface area (TPSA) is 84.2 Å². The van der Waals surface area contributed by atoms with Crippen molar-refractivity contribution in [2.24, 2.45) is 12.5 Å². The number of carbonyl (C=O) groups excluding carboxylic acids is 1. The van der Waals surface area contributed by atoms with Gasteiger partial charge in [0.2, 0.25) is 0 Å². The Balaban J connectivity index is 2.93. The minimum absolute atomic E-state index is 0.157. The predicted molar refractivity (Wildman–Crippen MR) is 84.8 cm³/mol. The van der Waals surface area contributed by atoms with Gasteiger partial charge in [0.25, 0.3) is 5.91 Å². The summed E-state index contributed by atoms with van der Waals surface area (Å²) in [4.78, 5) is 23.6. The highest BCUT2D eigenvalue weighted by molar-refractivity contribution is 5.95. The molecule has 0 fully saturated rings. The average Bonchev–Trinajstić information content (AvgIpc) is 2.75. The van der Waals surface area contributed by atoms with E-state index < -0.39 is 17.9 Å². The van der Waals surface area contributed by atoms with Gasteiger partial charge in [0.15, 0.2) is 0 Å². The Hall–Kier alpha value is -2.11. The van der Waals surface area contributed by atoms with E-state index in [1.807, 2.05) is 34.6 Å². The molecule has 0 saturated carbocycles. The van der Waals surface area contributed by atoms with Gasteiger partial charge < -0.3 is 10.4 Å². The smallest absolute Gasteiger partial charge is 0.330 e. The van der Waals surface area contributed by atoms with Crippen LogP contribution in [0.5, 0.6) is 0 Å².